The fourth-order valence-corrected chi connectivity index (χ4v) is 14.1. The van der Waals surface area contributed by atoms with Crippen LogP contribution in [0.3, 0.4) is 0 Å². The minimum absolute atomic E-state index is 0. The molecule has 2 fully saturated rings. The average Bonchev–Trinajstić information content (AvgIpc) is 1.58. The number of carboxylic acids is 1. The van der Waals surface area contributed by atoms with Gasteiger partial charge in [0, 0.05) is 188 Å². The molecule has 2 atom stereocenters. The molecule has 0 bridgehead atoms. The van der Waals surface area contributed by atoms with Crippen molar-refractivity contribution < 1.29 is 208 Å². The second-order valence-electron chi connectivity index (χ2n) is 35.4. The first-order valence-electron chi connectivity index (χ1n) is 39.8. The van der Waals surface area contributed by atoms with Gasteiger partial charge in [0.05, 0.1) is 96.5 Å². The number of pyridine rings is 6. The molecule has 12 rings (SSSR count). The van der Waals surface area contributed by atoms with E-state index in [9.17, 15) is 65.9 Å². The van der Waals surface area contributed by atoms with Crippen LogP contribution in [0.5, 0.6) is 0 Å². The third-order valence-electron chi connectivity index (χ3n) is 20.0. The van der Waals surface area contributed by atoms with Crippen molar-refractivity contribution in [1.82, 2.24) is 49.5 Å². The molecular weight excluding hydrogens is 2640 g/mol. The normalized spacial score (nSPS) is 16.3. The van der Waals surface area contributed by atoms with Crippen molar-refractivity contribution in [3.8, 4) is 30.3 Å². The Labute approximate surface area is 858 Å². The fourth-order valence-electron chi connectivity index (χ4n) is 13.5. The van der Waals surface area contributed by atoms with Crippen molar-refractivity contribution in [2.24, 2.45) is 10.8 Å². The molecule has 0 radical (unpaired) electrons. The Hall–Kier alpha value is -7.04. The number of fused-ring (bicyclic) bond motifs is 4. The fraction of sp³-hybridized carbons (Fsp3) is 0.506. The van der Waals surface area contributed by atoms with Gasteiger partial charge in [0.2, 0.25) is 0 Å². The second-order valence-corrected chi connectivity index (χ2v) is 36.5. The quantitative estimate of drug-likeness (QED) is 0.0951. The minimum Gasteiger partial charge on any atom is -0.478 e. The summed E-state index contributed by atoms with van der Waals surface area (Å²) in [6.07, 6.45) is 4.03. The second kappa shape index (κ2) is 47.7. The number of aromatic nitrogens is 6. The molecular formula is C89H102Cl3F6N15O12U4. The van der Waals surface area contributed by atoms with E-state index in [0.29, 0.717) is 136 Å². The standard InChI is InChI=1S/2C21H28FN3O3.C17H20FN3O2.C17H21FN2O4.C7H4ClFN2.C6HCl2FN2.4U/c2*1-13-15(22)11-14-16(24-13)21(27-17(14)20(5,6)12-23)7-9-25(10-8-21)18(26)28-19(2,3)4;1-11-14(18)9-13(10-19)15(20-11)12-5-7-21(8-6-12)16(22)23-17(2,3)4;1-10-13(18)9-12(15(21)22)14(19-10)11-5-7-20(8-6-11)16(23)24-17(2,3)4;1-4-6(9)2-5(3-10)7(8)11-4;7-5-3(2-10)1-4(9)6(8)11-5;;;;/h2*11,17H,7-10H2,1-6H3;5,9H,6-8H2,1-4H3;5,9H,6-8H2,1-4H3,(H,21,22);2H,1H3;1H;;;;/t2*17-;;;;;;;;/m10......../s1. The van der Waals surface area contributed by atoms with E-state index < -0.39 is 104 Å². The summed E-state index contributed by atoms with van der Waals surface area (Å²) in [4.78, 5) is 91.0. The third kappa shape index (κ3) is 31.0. The van der Waals surface area contributed by atoms with Gasteiger partial charge in [-0.1, -0.05) is 47.0 Å². The van der Waals surface area contributed by atoms with E-state index in [4.69, 9.17) is 79.0 Å². The van der Waals surface area contributed by atoms with Crippen molar-refractivity contribution in [1.29, 1.82) is 26.3 Å². The van der Waals surface area contributed by atoms with E-state index in [2.05, 4.69) is 42.0 Å². The first-order chi connectivity index (χ1) is 57.9. The number of aromatic carboxylic acids is 1. The number of carbonyl (C=O) groups excluding carboxylic acids is 4. The molecule has 2 spiro atoms. The van der Waals surface area contributed by atoms with Crippen molar-refractivity contribution in [2.75, 3.05) is 52.4 Å². The van der Waals surface area contributed by atoms with E-state index >= 15 is 0 Å². The number of hydrogen-bond donors (Lipinski definition) is 1. The van der Waals surface area contributed by atoms with Gasteiger partial charge in [-0.3, -0.25) is 9.97 Å². The molecule has 1 N–H and O–H groups in total. The van der Waals surface area contributed by atoms with Crippen LogP contribution in [0.1, 0.15) is 251 Å². The number of rotatable bonds is 5. The predicted octanol–water partition coefficient (Wildman–Crippen LogP) is 19.9. The number of piperidine rings is 2. The first kappa shape index (κ1) is 116. The molecule has 12 heterocycles. The zero-order chi connectivity index (χ0) is 93.9. The largest absolute Gasteiger partial charge is 0.478 e. The molecule has 0 saturated carbocycles. The summed E-state index contributed by atoms with van der Waals surface area (Å²) in [5.74, 6) is -4.42. The summed E-state index contributed by atoms with van der Waals surface area (Å²) in [5, 5.41) is 54.0. The van der Waals surface area contributed by atoms with Crippen molar-refractivity contribution in [3.05, 3.63) is 184 Å². The Morgan fingerprint density at radius 1 is 0.411 bits per heavy atom. The maximum atomic E-state index is 14.3. The van der Waals surface area contributed by atoms with Crippen molar-refractivity contribution in [3.63, 3.8) is 0 Å². The zero-order valence-electron chi connectivity index (χ0n) is 75.7. The molecule has 6 aromatic heterocycles. The summed E-state index contributed by atoms with van der Waals surface area (Å²) in [6.45, 7) is 40.1. The number of halogens is 9. The average molecular weight is 2750 g/mol. The van der Waals surface area contributed by atoms with Gasteiger partial charge in [0.15, 0.2) is 11.0 Å². The number of likely N-dealkylation sites (tertiary alicyclic amines) is 2. The smallest absolute Gasteiger partial charge is 0.410 e. The molecule has 684 valence electrons. The molecule has 0 unspecified atom stereocenters. The third-order valence-corrected chi connectivity index (χ3v) is 20.9. The molecule has 129 heavy (non-hydrogen) atoms. The summed E-state index contributed by atoms with van der Waals surface area (Å²) < 4.78 is 115. The summed E-state index contributed by atoms with van der Waals surface area (Å²) in [7, 11) is 0. The summed E-state index contributed by atoms with van der Waals surface area (Å²) in [6, 6.07) is 17.0. The number of carboxylic acid groups (broad SMARTS) is 1. The minimum atomic E-state index is -1.23. The van der Waals surface area contributed by atoms with Gasteiger partial charge in [-0.2, -0.15) is 26.3 Å². The number of amides is 4. The van der Waals surface area contributed by atoms with Crippen LogP contribution in [0.2, 0.25) is 15.5 Å². The number of hydrogen-bond acceptors (Lipinski definition) is 22. The van der Waals surface area contributed by atoms with Gasteiger partial charge in [-0.05, 0) is 231 Å². The van der Waals surface area contributed by atoms with Crippen LogP contribution in [-0.2, 0) is 39.6 Å². The van der Waals surface area contributed by atoms with E-state index in [-0.39, 0.29) is 203 Å². The molecule has 0 aliphatic carbocycles. The van der Waals surface area contributed by atoms with Crippen molar-refractivity contribution >= 4 is 76.3 Å². The summed E-state index contributed by atoms with van der Waals surface area (Å²) >= 11 is 16.2. The van der Waals surface area contributed by atoms with Gasteiger partial charge < -0.3 is 53.1 Å². The van der Waals surface area contributed by atoms with Gasteiger partial charge in [-0.25, -0.2) is 70.3 Å². The van der Waals surface area contributed by atoms with Crippen LogP contribution in [-0.4, -0.2) is 160 Å². The van der Waals surface area contributed by atoms with Crippen LogP contribution in [0, 0.1) is 261 Å². The number of aryl methyl sites for hydroxylation is 5. The predicted molar refractivity (Wildman–Crippen MR) is 450 cm³/mol. The molecule has 6 aromatic rings. The van der Waals surface area contributed by atoms with Crippen molar-refractivity contribution in [2.45, 2.75) is 230 Å². The van der Waals surface area contributed by atoms with Crippen LogP contribution in [0.25, 0.3) is 11.1 Å². The number of carbonyl (C=O) groups is 5. The molecule has 4 amide bonds. The summed E-state index contributed by atoms with van der Waals surface area (Å²) in [5.41, 5.74) is 0.965. The Bertz CT molecular complexity index is 5220. The molecule has 2 saturated heterocycles. The van der Waals surface area contributed by atoms with Gasteiger partial charge in [0.1, 0.15) is 103 Å². The van der Waals surface area contributed by atoms with E-state index in [0.717, 1.165) is 23.8 Å². The van der Waals surface area contributed by atoms with Crippen LogP contribution < -0.4 is 0 Å². The molecule has 6 aliphatic heterocycles. The first-order valence-corrected chi connectivity index (χ1v) is 41.0. The SMILES string of the molecule is Cc1nc(C2=CCN(C(=O)OC(C)(C)C)CC2)c(C#N)cc1F.Cc1nc(C2=CCN(C(=O)OC(C)(C)C)CC2)c(C(=O)O)cc1F.Cc1nc(Cl)c(C#N)cc1F.Cc1nc2c(cc1F)[C@@H](C(C)(C)C#N)OC21CCN(C(=O)OC(C)(C)C)CC1.Cc1nc2c(cc1F)[C@H](C(C)(C)C#N)OC21CCN(C(=O)OC(C)(C)C)CC1.N#Cc1cc(F)c(Cl)nc1Cl.[U].[U].[U].[U]. The maximum absolute atomic E-state index is 14.3. The molecule has 40 heteroatoms. The Morgan fingerprint density at radius 3 is 1.03 bits per heavy atom. The molecule has 6 aliphatic rings. The Balaban J connectivity index is 0.000000408. The number of nitrogens with zero attached hydrogens (tertiary/aromatic N) is 15. The number of ether oxygens (including phenoxy) is 6. The maximum Gasteiger partial charge on any atom is 0.410 e. The van der Waals surface area contributed by atoms with Crippen LogP contribution in [0.4, 0.5) is 45.5 Å². The van der Waals surface area contributed by atoms with Gasteiger partial charge >= 0.3 is 30.3 Å². The van der Waals surface area contributed by atoms with E-state index in [1.807, 2.05) is 74.5 Å². The monoisotopic (exact) mass is 2740 g/mol. The Morgan fingerprint density at radius 2 is 0.705 bits per heavy atom. The van der Waals surface area contributed by atoms with Crippen LogP contribution in [0.15, 0.2) is 48.6 Å². The number of nitriles is 5. The Kier molecular flexibility index (Phi) is 43.0. The molecule has 27 nitrogen and oxygen atoms in total. The van der Waals surface area contributed by atoms with E-state index in [1.54, 1.807) is 102 Å². The van der Waals surface area contributed by atoms with Crippen LogP contribution >= 0.6 is 34.8 Å². The zero-order valence-corrected chi connectivity index (χ0v) is 94.6. The van der Waals surface area contributed by atoms with Gasteiger partial charge in [0.25, 0.3) is 0 Å². The van der Waals surface area contributed by atoms with E-state index in [1.165, 1.54) is 36.9 Å². The van der Waals surface area contributed by atoms with Gasteiger partial charge in [-0.15, -0.1) is 0 Å². The molecule has 0 aromatic carbocycles. The topological polar surface area (TPSA) is 370 Å².